The summed E-state index contributed by atoms with van der Waals surface area (Å²) < 4.78 is 8.07. The fourth-order valence-corrected chi connectivity index (χ4v) is 2.61. The van der Waals surface area contributed by atoms with E-state index >= 15 is 0 Å². The van der Waals surface area contributed by atoms with Crippen LogP contribution in [-0.2, 0) is 7.05 Å². The second-order valence-corrected chi connectivity index (χ2v) is 5.66. The lowest BCUT2D eigenvalue weighted by molar-refractivity contribution is 0.0465. The molecule has 106 valence electrons. The Morgan fingerprint density at radius 1 is 1.20 bits per heavy atom. The second-order valence-electron chi connectivity index (χ2n) is 5.66. The molecule has 0 bridgehead atoms. The average Bonchev–Trinajstić information content (AvgIpc) is 2.81. The lowest BCUT2D eigenvalue weighted by Gasteiger charge is -2.34. The molecule has 4 nitrogen and oxygen atoms in total. The monoisotopic (exact) mass is 271 g/mol. The van der Waals surface area contributed by atoms with Crippen molar-refractivity contribution in [3.63, 3.8) is 0 Å². The SMILES string of the molecule is Cn1nc(-c2ccccc2)cc1OC1(C)CCNCC1. The lowest BCUT2D eigenvalue weighted by Crippen LogP contribution is -2.44. The van der Waals surface area contributed by atoms with E-state index in [1.54, 1.807) is 0 Å². The van der Waals surface area contributed by atoms with E-state index < -0.39 is 0 Å². The van der Waals surface area contributed by atoms with Gasteiger partial charge in [-0.05, 0) is 32.9 Å². The van der Waals surface area contributed by atoms with Crippen LogP contribution in [0.2, 0.25) is 0 Å². The fourth-order valence-electron chi connectivity index (χ4n) is 2.61. The Hall–Kier alpha value is -1.81. The highest BCUT2D eigenvalue weighted by Crippen LogP contribution is 2.29. The van der Waals surface area contributed by atoms with Gasteiger partial charge in [0.05, 0.1) is 5.69 Å². The molecular weight excluding hydrogens is 250 g/mol. The van der Waals surface area contributed by atoms with Gasteiger partial charge in [0.15, 0.2) is 0 Å². The number of rotatable bonds is 3. The Kier molecular flexibility index (Phi) is 3.49. The number of hydrogen-bond donors (Lipinski definition) is 1. The van der Waals surface area contributed by atoms with Crippen LogP contribution in [0.4, 0.5) is 0 Å². The predicted molar refractivity (Wildman–Crippen MR) is 79.8 cm³/mol. The highest BCUT2D eigenvalue weighted by atomic mass is 16.5. The van der Waals surface area contributed by atoms with E-state index in [9.17, 15) is 0 Å². The lowest BCUT2D eigenvalue weighted by atomic mass is 9.95. The molecule has 0 spiro atoms. The molecule has 1 saturated heterocycles. The number of ether oxygens (including phenoxy) is 1. The van der Waals surface area contributed by atoms with Gasteiger partial charge in [0.25, 0.3) is 0 Å². The molecule has 0 unspecified atom stereocenters. The summed E-state index contributed by atoms with van der Waals surface area (Å²) in [5.74, 6) is 0.841. The maximum atomic E-state index is 6.24. The van der Waals surface area contributed by atoms with Crippen LogP contribution in [0.1, 0.15) is 19.8 Å². The number of piperidine rings is 1. The molecule has 0 radical (unpaired) electrons. The topological polar surface area (TPSA) is 39.1 Å². The van der Waals surface area contributed by atoms with Gasteiger partial charge >= 0.3 is 0 Å². The summed E-state index contributed by atoms with van der Waals surface area (Å²) in [6, 6.07) is 12.2. The van der Waals surface area contributed by atoms with Gasteiger partial charge in [-0.3, -0.25) is 0 Å². The van der Waals surface area contributed by atoms with E-state index in [0.717, 1.165) is 43.1 Å². The van der Waals surface area contributed by atoms with Crippen LogP contribution in [0.25, 0.3) is 11.3 Å². The molecule has 2 heterocycles. The quantitative estimate of drug-likeness (QED) is 0.932. The summed E-state index contributed by atoms with van der Waals surface area (Å²) in [6.07, 6.45) is 2.05. The molecule has 0 aliphatic carbocycles. The van der Waals surface area contributed by atoms with Crippen molar-refractivity contribution in [2.75, 3.05) is 13.1 Å². The Bertz CT molecular complexity index is 571. The zero-order valence-electron chi connectivity index (χ0n) is 12.1. The molecule has 1 aromatic carbocycles. The minimum Gasteiger partial charge on any atom is -0.471 e. The van der Waals surface area contributed by atoms with E-state index in [1.807, 2.05) is 36.0 Å². The van der Waals surface area contributed by atoms with Crippen LogP contribution < -0.4 is 10.1 Å². The van der Waals surface area contributed by atoms with Crippen molar-refractivity contribution in [1.82, 2.24) is 15.1 Å². The smallest absolute Gasteiger partial charge is 0.212 e. The van der Waals surface area contributed by atoms with E-state index in [1.165, 1.54) is 0 Å². The van der Waals surface area contributed by atoms with Crippen molar-refractivity contribution in [2.24, 2.45) is 7.05 Å². The molecule has 1 aliphatic rings. The van der Waals surface area contributed by atoms with Gasteiger partial charge in [0.1, 0.15) is 5.60 Å². The molecular formula is C16H21N3O. The Morgan fingerprint density at radius 3 is 2.60 bits per heavy atom. The molecule has 1 N–H and O–H groups in total. The molecule has 1 fully saturated rings. The second kappa shape index (κ2) is 5.29. The summed E-state index contributed by atoms with van der Waals surface area (Å²) in [5, 5.41) is 7.92. The average molecular weight is 271 g/mol. The first kappa shape index (κ1) is 13.2. The Balaban J connectivity index is 1.82. The van der Waals surface area contributed by atoms with Gasteiger partial charge in [-0.2, -0.15) is 5.10 Å². The van der Waals surface area contributed by atoms with Crippen LogP contribution in [0.3, 0.4) is 0 Å². The van der Waals surface area contributed by atoms with Crippen LogP contribution in [0, 0.1) is 0 Å². The molecule has 0 saturated carbocycles. The van der Waals surface area contributed by atoms with Gasteiger partial charge in [0, 0.05) is 18.7 Å². The molecule has 2 aromatic rings. The van der Waals surface area contributed by atoms with Crippen LogP contribution in [-0.4, -0.2) is 28.5 Å². The van der Waals surface area contributed by atoms with E-state index in [2.05, 4.69) is 29.5 Å². The standard InChI is InChI=1S/C16H21N3O/c1-16(8-10-17-11-9-16)20-15-12-14(18-19(15)2)13-6-4-3-5-7-13/h3-7,12,17H,8-11H2,1-2H3. The van der Waals surface area contributed by atoms with Crippen LogP contribution in [0.5, 0.6) is 5.88 Å². The van der Waals surface area contributed by atoms with Crippen molar-refractivity contribution in [1.29, 1.82) is 0 Å². The Morgan fingerprint density at radius 2 is 1.90 bits per heavy atom. The molecule has 20 heavy (non-hydrogen) atoms. The minimum atomic E-state index is -0.0903. The number of benzene rings is 1. The van der Waals surface area contributed by atoms with Crippen molar-refractivity contribution >= 4 is 0 Å². The fraction of sp³-hybridized carbons (Fsp3) is 0.438. The number of nitrogens with zero attached hydrogens (tertiary/aromatic N) is 2. The third-order valence-electron chi connectivity index (χ3n) is 3.92. The van der Waals surface area contributed by atoms with Gasteiger partial charge < -0.3 is 10.1 Å². The van der Waals surface area contributed by atoms with Crippen LogP contribution in [0.15, 0.2) is 36.4 Å². The molecule has 0 atom stereocenters. The molecule has 3 rings (SSSR count). The van der Waals surface area contributed by atoms with Crippen molar-refractivity contribution in [3.8, 4) is 17.1 Å². The first-order valence-electron chi connectivity index (χ1n) is 7.15. The number of hydrogen-bond acceptors (Lipinski definition) is 3. The largest absolute Gasteiger partial charge is 0.471 e. The van der Waals surface area contributed by atoms with Gasteiger partial charge in [-0.25, -0.2) is 4.68 Å². The van der Waals surface area contributed by atoms with E-state index in [-0.39, 0.29) is 5.60 Å². The maximum absolute atomic E-state index is 6.24. The number of nitrogens with one attached hydrogen (secondary N) is 1. The van der Waals surface area contributed by atoms with Crippen molar-refractivity contribution < 1.29 is 4.74 Å². The van der Waals surface area contributed by atoms with Gasteiger partial charge in [-0.15, -0.1) is 0 Å². The first-order valence-corrected chi connectivity index (χ1v) is 7.15. The number of aryl methyl sites for hydroxylation is 1. The summed E-state index contributed by atoms with van der Waals surface area (Å²) in [7, 11) is 1.94. The predicted octanol–water partition coefficient (Wildman–Crippen LogP) is 2.61. The van der Waals surface area contributed by atoms with Crippen molar-refractivity contribution in [3.05, 3.63) is 36.4 Å². The van der Waals surface area contributed by atoms with Gasteiger partial charge in [-0.1, -0.05) is 30.3 Å². The summed E-state index contributed by atoms with van der Waals surface area (Å²) in [4.78, 5) is 0. The third-order valence-corrected chi connectivity index (χ3v) is 3.92. The minimum absolute atomic E-state index is 0.0903. The zero-order chi connectivity index (χ0) is 14.0. The van der Waals surface area contributed by atoms with Crippen LogP contribution >= 0.6 is 0 Å². The summed E-state index contributed by atoms with van der Waals surface area (Å²) in [6.45, 7) is 4.21. The summed E-state index contributed by atoms with van der Waals surface area (Å²) in [5.41, 5.74) is 1.99. The van der Waals surface area contributed by atoms with E-state index in [4.69, 9.17) is 4.74 Å². The molecule has 1 aliphatic heterocycles. The highest BCUT2D eigenvalue weighted by molar-refractivity contribution is 5.59. The van der Waals surface area contributed by atoms with Crippen molar-refractivity contribution in [2.45, 2.75) is 25.4 Å². The first-order chi connectivity index (χ1) is 9.66. The highest BCUT2D eigenvalue weighted by Gasteiger charge is 2.29. The molecule has 1 aromatic heterocycles. The number of aromatic nitrogens is 2. The normalized spacial score (nSPS) is 17.9. The zero-order valence-corrected chi connectivity index (χ0v) is 12.1. The van der Waals surface area contributed by atoms with E-state index in [0.29, 0.717) is 0 Å². The third kappa shape index (κ3) is 2.70. The molecule has 4 heteroatoms. The van der Waals surface area contributed by atoms with Gasteiger partial charge in [0.2, 0.25) is 5.88 Å². The Labute approximate surface area is 119 Å². The molecule has 0 amide bonds. The summed E-state index contributed by atoms with van der Waals surface area (Å²) >= 11 is 0. The maximum Gasteiger partial charge on any atom is 0.212 e.